The molecule has 0 fully saturated rings. The molecule has 3 aromatic carbocycles. The van der Waals surface area contributed by atoms with Crippen molar-refractivity contribution in [3.63, 3.8) is 0 Å². The molecule has 0 spiro atoms. The molecule has 0 radical (unpaired) electrons. The lowest BCUT2D eigenvalue weighted by Gasteiger charge is -2.07. The van der Waals surface area contributed by atoms with E-state index in [9.17, 15) is 4.39 Å². The van der Waals surface area contributed by atoms with Crippen molar-refractivity contribution in [2.75, 3.05) is 0 Å². The Bertz CT molecular complexity index is 1030. The lowest BCUT2D eigenvalue weighted by atomic mass is 10.0. The molecule has 0 aliphatic heterocycles. The van der Waals surface area contributed by atoms with E-state index in [1.807, 2.05) is 43.3 Å². The van der Waals surface area contributed by atoms with E-state index in [0.29, 0.717) is 16.8 Å². The van der Waals surface area contributed by atoms with Gasteiger partial charge in [-0.1, -0.05) is 53.3 Å². The fourth-order valence-electron chi connectivity index (χ4n) is 2.45. The predicted octanol–water partition coefficient (Wildman–Crippen LogP) is 6.59. The van der Waals surface area contributed by atoms with Crippen molar-refractivity contribution in [3.05, 3.63) is 88.2 Å². The van der Waals surface area contributed by atoms with Crippen molar-refractivity contribution in [3.8, 4) is 23.0 Å². The van der Waals surface area contributed by atoms with Crippen molar-refractivity contribution < 1.29 is 4.39 Å². The van der Waals surface area contributed by atoms with Crippen LogP contribution in [0.4, 0.5) is 10.1 Å². The lowest BCUT2D eigenvalue weighted by Crippen LogP contribution is -1.87. The third kappa shape index (κ3) is 4.25. The molecule has 3 rings (SSSR count). The molecule has 0 amide bonds. The fourth-order valence-corrected chi connectivity index (χ4v) is 2.87. The zero-order valence-electron chi connectivity index (χ0n) is 13.9. The first-order chi connectivity index (χ1) is 12.6. The van der Waals surface area contributed by atoms with Gasteiger partial charge in [-0.25, -0.2) is 4.39 Å². The summed E-state index contributed by atoms with van der Waals surface area (Å²) in [4.78, 5) is 3.76. The number of hydrogen-bond donors (Lipinski definition) is 0. The molecule has 0 saturated carbocycles. The summed E-state index contributed by atoms with van der Waals surface area (Å²) in [5.41, 5.74) is 4.32. The van der Waals surface area contributed by atoms with E-state index in [2.05, 4.69) is 34.2 Å². The first kappa shape index (κ1) is 18.0. The summed E-state index contributed by atoms with van der Waals surface area (Å²) >= 11 is 10.7. The predicted molar refractivity (Wildman–Crippen MR) is 109 cm³/mol. The minimum atomic E-state index is -0.458. The Labute approximate surface area is 162 Å². The number of nitrogens with zero attached hydrogens (tertiary/aromatic N) is 1. The van der Waals surface area contributed by atoms with Gasteiger partial charge in [0.1, 0.15) is 5.82 Å². The lowest BCUT2D eigenvalue weighted by molar-refractivity contribution is 0.632. The monoisotopic (exact) mass is 377 g/mol. The van der Waals surface area contributed by atoms with Crippen molar-refractivity contribution in [1.29, 1.82) is 0 Å². The molecular formula is C22H13ClFNS. The van der Waals surface area contributed by atoms with E-state index in [1.165, 1.54) is 11.6 Å². The van der Waals surface area contributed by atoms with Gasteiger partial charge >= 0.3 is 0 Å². The summed E-state index contributed by atoms with van der Waals surface area (Å²) in [6, 6.07) is 18.1. The third-order valence-corrected chi connectivity index (χ3v) is 4.17. The Morgan fingerprint density at radius 3 is 2.04 bits per heavy atom. The summed E-state index contributed by atoms with van der Waals surface area (Å²) < 4.78 is 14.4. The number of thiocarbonyl (C=S) groups is 1. The number of halogens is 2. The Morgan fingerprint density at radius 1 is 0.923 bits per heavy atom. The van der Waals surface area contributed by atoms with Crippen molar-refractivity contribution in [2.24, 2.45) is 4.99 Å². The van der Waals surface area contributed by atoms with Gasteiger partial charge in [0.25, 0.3) is 0 Å². The molecule has 1 nitrogen and oxygen atoms in total. The van der Waals surface area contributed by atoms with Crippen LogP contribution in [0, 0.1) is 24.6 Å². The van der Waals surface area contributed by atoms with E-state index in [4.69, 9.17) is 11.6 Å². The second-order valence-electron chi connectivity index (χ2n) is 5.68. The maximum Gasteiger partial charge on any atom is 0.134 e. The van der Waals surface area contributed by atoms with E-state index in [1.54, 1.807) is 18.2 Å². The standard InChI is InChI=1S/C22H13ClFNS/c1-15-2-4-16(5-3-15)6-7-17-8-10-18(11-9-17)22-20(23)12-19(25-14-26)13-21(22)24/h2-5,8-13H,1H3. The van der Waals surface area contributed by atoms with Crippen LogP contribution in [-0.2, 0) is 0 Å². The average Bonchev–Trinajstić information content (AvgIpc) is 2.62. The zero-order valence-corrected chi connectivity index (χ0v) is 15.5. The Balaban J connectivity index is 1.89. The second-order valence-corrected chi connectivity index (χ2v) is 6.27. The number of rotatable bonds is 2. The van der Waals surface area contributed by atoms with Crippen molar-refractivity contribution in [1.82, 2.24) is 0 Å². The van der Waals surface area contributed by atoms with Crippen LogP contribution in [-0.4, -0.2) is 5.16 Å². The normalized spacial score (nSPS) is 9.81. The zero-order chi connectivity index (χ0) is 18.5. The number of isothiocyanates is 1. The summed E-state index contributed by atoms with van der Waals surface area (Å²) in [7, 11) is 0. The topological polar surface area (TPSA) is 12.4 Å². The maximum atomic E-state index is 14.4. The highest BCUT2D eigenvalue weighted by atomic mass is 35.5. The molecule has 0 unspecified atom stereocenters. The molecule has 4 heteroatoms. The summed E-state index contributed by atoms with van der Waals surface area (Å²) in [5.74, 6) is 5.76. The summed E-state index contributed by atoms with van der Waals surface area (Å²) in [6.07, 6.45) is 0. The molecular weight excluding hydrogens is 365 g/mol. The van der Waals surface area contributed by atoms with Crippen LogP contribution in [0.1, 0.15) is 16.7 Å². The first-order valence-electron chi connectivity index (χ1n) is 7.83. The summed E-state index contributed by atoms with van der Waals surface area (Å²) in [6.45, 7) is 2.04. The molecule has 26 heavy (non-hydrogen) atoms. The smallest absolute Gasteiger partial charge is 0.134 e. The van der Waals surface area contributed by atoms with E-state index in [0.717, 1.165) is 11.1 Å². The maximum absolute atomic E-state index is 14.4. The van der Waals surface area contributed by atoms with Gasteiger partial charge in [-0.2, -0.15) is 4.99 Å². The first-order valence-corrected chi connectivity index (χ1v) is 8.61. The molecule has 0 aliphatic carbocycles. The van der Waals surface area contributed by atoms with Crippen LogP contribution >= 0.6 is 23.8 Å². The fraction of sp³-hybridized carbons (Fsp3) is 0.0455. The van der Waals surface area contributed by atoms with E-state index >= 15 is 0 Å². The Hall–Kier alpha value is -2.76. The average molecular weight is 378 g/mol. The van der Waals surface area contributed by atoms with Gasteiger partial charge in [0.15, 0.2) is 0 Å². The largest absolute Gasteiger partial charge is 0.206 e. The van der Waals surface area contributed by atoms with E-state index < -0.39 is 5.82 Å². The van der Waals surface area contributed by atoms with Crippen LogP contribution in [0.5, 0.6) is 0 Å². The quantitative estimate of drug-likeness (QED) is 0.279. The third-order valence-electron chi connectivity index (χ3n) is 3.78. The minimum Gasteiger partial charge on any atom is -0.206 e. The molecule has 0 heterocycles. The highest BCUT2D eigenvalue weighted by Gasteiger charge is 2.11. The Kier molecular flexibility index (Phi) is 5.61. The molecule has 0 aliphatic rings. The van der Waals surface area contributed by atoms with Crippen LogP contribution in [0.15, 0.2) is 65.7 Å². The molecule has 0 atom stereocenters. The van der Waals surface area contributed by atoms with Gasteiger partial charge in [0.2, 0.25) is 0 Å². The molecule has 3 aromatic rings. The number of benzene rings is 3. The second kappa shape index (κ2) is 8.08. The van der Waals surface area contributed by atoms with Gasteiger partial charge < -0.3 is 0 Å². The number of aliphatic imine (C=N–C) groups is 1. The number of aryl methyl sites for hydroxylation is 1. The molecule has 0 bridgehead atoms. The molecule has 0 N–H and O–H groups in total. The molecule has 0 saturated heterocycles. The van der Waals surface area contributed by atoms with E-state index in [-0.39, 0.29) is 5.02 Å². The molecule has 126 valence electrons. The molecule has 0 aromatic heterocycles. The minimum absolute atomic E-state index is 0.271. The van der Waals surface area contributed by atoms with Crippen LogP contribution in [0.3, 0.4) is 0 Å². The van der Waals surface area contributed by atoms with Gasteiger partial charge in [-0.05, 0) is 55.0 Å². The van der Waals surface area contributed by atoms with Crippen LogP contribution in [0.25, 0.3) is 11.1 Å². The number of hydrogen-bond acceptors (Lipinski definition) is 2. The highest BCUT2D eigenvalue weighted by Crippen LogP contribution is 2.34. The SMILES string of the molecule is Cc1ccc(C#Cc2ccc(-c3c(F)cc(N=C=S)cc3Cl)cc2)cc1. The highest BCUT2D eigenvalue weighted by molar-refractivity contribution is 7.78. The van der Waals surface area contributed by atoms with Gasteiger partial charge in [0, 0.05) is 22.8 Å². The summed E-state index contributed by atoms with van der Waals surface area (Å²) in [5, 5.41) is 2.47. The van der Waals surface area contributed by atoms with Crippen molar-refractivity contribution in [2.45, 2.75) is 6.92 Å². The Morgan fingerprint density at radius 2 is 1.50 bits per heavy atom. The van der Waals surface area contributed by atoms with Gasteiger partial charge in [-0.3, -0.25) is 0 Å². The van der Waals surface area contributed by atoms with Gasteiger partial charge in [0.05, 0.1) is 15.9 Å². The van der Waals surface area contributed by atoms with Gasteiger partial charge in [-0.15, -0.1) is 0 Å². The van der Waals surface area contributed by atoms with Crippen LogP contribution in [0.2, 0.25) is 5.02 Å². The van der Waals surface area contributed by atoms with Crippen molar-refractivity contribution >= 4 is 34.7 Å². The van der Waals surface area contributed by atoms with Crippen LogP contribution < -0.4 is 0 Å².